The standard InChI is InChI=1S/C8H9Br2ClFN/c9-8(10)2-1-5(6(11)3-8)7(13)4-12/h1-2,7H,3-4,13H2. The second kappa shape index (κ2) is 4.43. The second-order valence-electron chi connectivity index (χ2n) is 2.89. The highest BCUT2D eigenvalue weighted by atomic mass is 79.9. The third-order valence-electron chi connectivity index (χ3n) is 1.78. The molecule has 1 nitrogen and oxygen atoms in total. The van der Waals surface area contributed by atoms with Gasteiger partial charge < -0.3 is 5.73 Å². The lowest BCUT2D eigenvalue weighted by Crippen LogP contribution is -2.27. The average Bonchev–Trinajstić information content (AvgIpc) is 2.01. The van der Waals surface area contributed by atoms with Crippen LogP contribution in [-0.2, 0) is 0 Å². The quantitative estimate of drug-likeness (QED) is 0.772. The third kappa shape index (κ3) is 3.05. The minimum Gasteiger partial charge on any atom is -0.322 e. The van der Waals surface area contributed by atoms with E-state index in [9.17, 15) is 4.39 Å². The van der Waals surface area contributed by atoms with E-state index >= 15 is 0 Å². The summed E-state index contributed by atoms with van der Waals surface area (Å²) in [6.45, 7) is -0.590. The van der Waals surface area contributed by atoms with Crippen LogP contribution in [0.5, 0.6) is 0 Å². The van der Waals surface area contributed by atoms with Gasteiger partial charge in [0.15, 0.2) is 0 Å². The molecular formula is C8H9Br2ClFN. The second-order valence-corrected chi connectivity index (χ2v) is 7.24. The average molecular weight is 333 g/mol. The Morgan fingerprint density at radius 2 is 2.31 bits per heavy atom. The Hall–Kier alpha value is 0.620. The molecule has 0 radical (unpaired) electrons. The molecule has 1 unspecified atom stereocenters. The molecule has 0 heterocycles. The van der Waals surface area contributed by atoms with Crippen LogP contribution in [0, 0.1) is 0 Å². The monoisotopic (exact) mass is 331 g/mol. The van der Waals surface area contributed by atoms with Gasteiger partial charge in [0.05, 0.1) is 6.04 Å². The zero-order chi connectivity index (χ0) is 10.1. The minimum atomic E-state index is -0.611. The highest BCUT2D eigenvalue weighted by molar-refractivity contribution is 9.25. The van der Waals surface area contributed by atoms with E-state index in [1.54, 1.807) is 6.08 Å². The molecule has 1 aliphatic carbocycles. The summed E-state index contributed by atoms with van der Waals surface area (Å²) in [6, 6.07) is -0.611. The summed E-state index contributed by atoms with van der Waals surface area (Å²) in [7, 11) is 0. The molecule has 1 atom stereocenters. The van der Waals surface area contributed by atoms with Crippen LogP contribution in [0.2, 0.25) is 0 Å². The summed E-state index contributed by atoms with van der Waals surface area (Å²) in [6.07, 6.45) is 4.19. The Morgan fingerprint density at radius 3 is 2.77 bits per heavy atom. The van der Waals surface area contributed by atoms with Crippen LogP contribution >= 0.6 is 43.5 Å². The topological polar surface area (TPSA) is 26.0 Å². The molecule has 0 amide bonds. The predicted molar refractivity (Wildman–Crippen MR) is 61.2 cm³/mol. The summed E-state index contributed by atoms with van der Waals surface area (Å²) in [5, 5.41) is 0.599. The largest absolute Gasteiger partial charge is 0.322 e. The van der Waals surface area contributed by atoms with Crippen LogP contribution in [0.1, 0.15) is 6.42 Å². The first kappa shape index (κ1) is 11.7. The Morgan fingerprint density at radius 1 is 1.69 bits per heavy atom. The molecule has 0 aromatic rings. The van der Waals surface area contributed by atoms with E-state index in [1.165, 1.54) is 0 Å². The molecule has 0 aliphatic heterocycles. The Kier molecular flexibility index (Phi) is 3.98. The van der Waals surface area contributed by atoms with Gasteiger partial charge in [0.25, 0.3) is 0 Å². The normalized spacial score (nSPS) is 23.5. The molecule has 0 fully saturated rings. The van der Waals surface area contributed by atoms with Crippen molar-refractivity contribution in [2.24, 2.45) is 5.73 Å². The molecule has 0 aromatic carbocycles. The molecule has 74 valence electrons. The van der Waals surface area contributed by atoms with Crippen molar-refractivity contribution in [2.45, 2.75) is 15.7 Å². The summed E-state index contributed by atoms with van der Waals surface area (Å²) in [5.74, 6) is 0. The van der Waals surface area contributed by atoms with E-state index in [1.807, 2.05) is 6.08 Å². The third-order valence-corrected chi connectivity index (χ3v) is 3.22. The van der Waals surface area contributed by atoms with E-state index < -0.39 is 12.7 Å². The predicted octanol–water partition coefficient (Wildman–Crippen LogP) is 3.22. The van der Waals surface area contributed by atoms with Crippen LogP contribution < -0.4 is 5.73 Å². The number of allylic oxidation sites excluding steroid dienone is 2. The molecule has 1 aliphatic rings. The van der Waals surface area contributed by atoms with Gasteiger partial charge in [-0.05, 0) is 5.57 Å². The first-order valence-corrected chi connectivity index (χ1v) is 5.70. The fraction of sp³-hybridized carbons (Fsp3) is 0.500. The van der Waals surface area contributed by atoms with Crippen molar-refractivity contribution in [3.8, 4) is 0 Å². The number of hydrogen-bond acceptors (Lipinski definition) is 1. The molecular weight excluding hydrogens is 324 g/mol. The van der Waals surface area contributed by atoms with E-state index in [-0.39, 0.29) is 3.23 Å². The number of hydrogen-bond donors (Lipinski definition) is 1. The molecule has 0 spiro atoms. The van der Waals surface area contributed by atoms with Gasteiger partial charge in [0, 0.05) is 11.5 Å². The van der Waals surface area contributed by atoms with Crippen molar-refractivity contribution >= 4 is 43.5 Å². The smallest absolute Gasteiger partial charge is 0.109 e. The number of rotatable bonds is 2. The highest BCUT2D eigenvalue weighted by Crippen LogP contribution is 2.41. The molecule has 0 saturated carbocycles. The van der Waals surface area contributed by atoms with E-state index in [2.05, 4.69) is 31.9 Å². The maximum absolute atomic E-state index is 12.3. The summed E-state index contributed by atoms with van der Waals surface area (Å²) in [5.41, 5.74) is 6.21. The zero-order valence-corrected chi connectivity index (χ0v) is 10.7. The minimum absolute atomic E-state index is 0.309. The van der Waals surface area contributed by atoms with Crippen LogP contribution in [0.4, 0.5) is 4.39 Å². The van der Waals surface area contributed by atoms with Gasteiger partial charge in [0.2, 0.25) is 0 Å². The molecule has 5 heteroatoms. The maximum atomic E-state index is 12.3. The lowest BCUT2D eigenvalue weighted by Gasteiger charge is -2.23. The van der Waals surface area contributed by atoms with Crippen molar-refractivity contribution in [3.63, 3.8) is 0 Å². The number of alkyl halides is 3. The zero-order valence-electron chi connectivity index (χ0n) is 6.74. The van der Waals surface area contributed by atoms with Crippen molar-refractivity contribution in [1.29, 1.82) is 0 Å². The Labute approximate surface area is 98.5 Å². The van der Waals surface area contributed by atoms with Gasteiger partial charge in [-0.2, -0.15) is 0 Å². The number of halogens is 4. The van der Waals surface area contributed by atoms with Gasteiger partial charge in [-0.3, -0.25) is 0 Å². The first-order valence-electron chi connectivity index (χ1n) is 3.73. The van der Waals surface area contributed by atoms with E-state index in [0.29, 0.717) is 17.0 Å². The van der Waals surface area contributed by atoms with Crippen LogP contribution in [-0.4, -0.2) is 15.9 Å². The molecule has 0 saturated heterocycles. The highest BCUT2D eigenvalue weighted by Gasteiger charge is 2.27. The van der Waals surface area contributed by atoms with Gasteiger partial charge in [-0.1, -0.05) is 55.6 Å². The molecule has 13 heavy (non-hydrogen) atoms. The fourth-order valence-corrected chi connectivity index (χ4v) is 2.64. The fourth-order valence-electron chi connectivity index (χ4n) is 1.08. The van der Waals surface area contributed by atoms with Crippen LogP contribution in [0.25, 0.3) is 0 Å². The number of nitrogens with two attached hydrogens (primary N) is 1. The van der Waals surface area contributed by atoms with Crippen LogP contribution in [0.3, 0.4) is 0 Å². The van der Waals surface area contributed by atoms with Gasteiger partial charge in [-0.25, -0.2) is 4.39 Å². The van der Waals surface area contributed by atoms with E-state index in [4.69, 9.17) is 17.3 Å². The van der Waals surface area contributed by atoms with E-state index in [0.717, 1.165) is 0 Å². The van der Waals surface area contributed by atoms with Crippen molar-refractivity contribution < 1.29 is 4.39 Å². The van der Waals surface area contributed by atoms with Crippen molar-refractivity contribution in [3.05, 3.63) is 22.8 Å². The molecule has 0 bridgehead atoms. The van der Waals surface area contributed by atoms with Crippen molar-refractivity contribution in [2.75, 3.05) is 6.67 Å². The summed E-state index contributed by atoms with van der Waals surface area (Å²) in [4.78, 5) is 0. The lowest BCUT2D eigenvalue weighted by atomic mass is 10.0. The Bertz CT molecular complexity index is 263. The summed E-state index contributed by atoms with van der Waals surface area (Å²) < 4.78 is 12.0. The summed E-state index contributed by atoms with van der Waals surface area (Å²) >= 11 is 12.8. The molecule has 1 rings (SSSR count). The lowest BCUT2D eigenvalue weighted by molar-refractivity contribution is 0.457. The van der Waals surface area contributed by atoms with Crippen molar-refractivity contribution in [1.82, 2.24) is 0 Å². The van der Waals surface area contributed by atoms with Gasteiger partial charge >= 0.3 is 0 Å². The molecule has 0 aromatic heterocycles. The maximum Gasteiger partial charge on any atom is 0.109 e. The van der Waals surface area contributed by atoms with Crippen LogP contribution in [0.15, 0.2) is 22.8 Å². The van der Waals surface area contributed by atoms with Gasteiger partial charge in [0.1, 0.15) is 9.91 Å². The SMILES string of the molecule is NC(CF)C1=C(Cl)CC(Br)(Br)C=C1. The molecule has 2 N–H and O–H groups in total. The van der Waals surface area contributed by atoms with Gasteiger partial charge in [-0.15, -0.1) is 0 Å². The Balaban J connectivity index is 2.85. The first-order chi connectivity index (χ1) is 5.96.